The van der Waals surface area contributed by atoms with Crippen molar-refractivity contribution in [3.63, 3.8) is 0 Å². The van der Waals surface area contributed by atoms with Crippen LogP contribution in [0.4, 0.5) is 0 Å². The Balaban J connectivity index is 2.53. The topological polar surface area (TPSA) is 68.5 Å². The van der Waals surface area contributed by atoms with E-state index in [4.69, 9.17) is 16.0 Å². The lowest BCUT2D eigenvalue weighted by atomic mass is 10.3. The van der Waals surface area contributed by atoms with Crippen molar-refractivity contribution in [1.82, 2.24) is 5.32 Å². The predicted molar refractivity (Wildman–Crippen MR) is 52.6 cm³/mol. The molecule has 15 heavy (non-hydrogen) atoms. The van der Waals surface area contributed by atoms with Gasteiger partial charge in [0, 0.05) is 0 Å². The van der Waals surface area contributed by atoms with Gasteiger partial charge < -0.3 is 14.5 Å². The summed E-state index contributed by atoms with van der Waals surface area (Å²) in [4.78, 5) is 21.8. The molecular formula is C9H10ClNO4. The molecule has 0 aliphatic heterocycles. The molecule has 1 aromatic rings. The smallest absolute Gasteiger partial charge is 0.341 e. The SMILES string of the molecule is COC(=O)c1coc(CNC(=O)CCl)c1. The molecule has 82 valence electrons. The van der Waals surface area contributed by atoms with E-state index in [9.17, 15) is 9.59 Å². The molecule has 0 aliphatic carbocycles. The van der Waals surface area contributed by atoms with Gasteiger partial charge in [-0.1, -0.05) is 0 Å². The average Bonchev–Trinajstić information content (AvgIpc) is 2.73. The summed E-state index contributed by atoms with van der Waals surface area (Å²) in [7, 11) is 1.28. The van der Waals surface area contributed by atoms with E-state index in [1.807, 2.05) is 0 Å². The fraction of sp³-hybridized carbons (Fsp3) is 0.333. The molecule has 0 radical (unpaired) electrons. The minimum atomic E-state index is -0.478. The lowest BCUT2D eigenvalue weighted by Crippen LogP contribution is -2.23. The van der Waals surface area contributed by atoms with Gasteiger partial charge in [-0.15, -0.1) is 11.6 Å². The van der Waals surface area contributed by atoms with Crippen LogP contribution in [-0.2, 0) is 16.1 Å². The Morgan fingerprint density at radius 3 is 2.93 bits per heavy atom. The summed E-state index contributed by atoms with van der Waals surface area (Å²) in [5.41, 5.74) is 0.313. The zero-order valence-corrected chi connectivity index (χ0v) is 8.84. The second-order valence-electron chi connectivity index (χ2n) is 2.70. The highest BCUT2D eigenvalue weighted by Gasteiger charge is 2.10. The molecule has 5 nitrogen and oxygen atoms in total. The maximum absolute atomic E-state index is 11.0. The summed E-state index contributed by atoms with van der Waals surface area (Å²) in [6.07, 6.45) is 1.27. The normalized spacial score (nSPS) is 9.73. The molecule has 0 fully saturated rings. The first-order valence-electron chi connectivity index (χ1n) is 4.15. The highest BCUT2D eigenvalue weighted by molar-refractivity contribution is 6.27. The summed E-state index contributed by atoms with van der Waals surface area (Å²) >= 11 is 5.28. The van der Waals surface area contributed by atoms with Crippen molar-refractivity contribution in [2.24, 2.45) is 0 Å². The Hall–Kier alpha value is -1.49. The summed E-state index contributed by atoms with van der Waals surface area (Å²) < 4.78 is 9.51. The molecular weight excluding hydrogens is 222 g/mol. The number of amides is 1. The van der Waals surface area contributed by atoms with Crippen LogP contribution in [0, 0.1) is 0 Å². The van der Waals surface area contributed by atoms with Gasteiger partial charge in [-0.25, -0.2) is 4.79 Å². The Morgan fingerprint density at radius 2 is 2.33 bits per heavy atom. The van der Waals surface area contributed by atoms with Gasteiger partial charge in [-0.2, -0.15) is 0 Å². The summed E-state index contributed by atoms with van der Waals surface area (Å²) in [5, 5.41) is 2.50. The van der Waals surface area contributed by atoms with E-state index in [1.165, 1.54) is 19.4 Å². The Kier molecular flexibility index (Phi) is 4.17. The molecule has 0 unspecified atom stereocenters. The number of halogens is 1. The fourth-order valence-electron chi connectivity index (χ4n) is 0.931. The number of ether oxygens (including phenoxy) is 1. The van der Waals surface area contributed by atoms with E-state index < -0.39 is 5.97 Å². The molecule has 0 spiro atoms. The fourth-order valence-corrected chi connectivity index (χ4v) is 1.03. The van der Waals surface area contributed by atoms with Gasteiger partial charge in [-0.05, 0) is 6.07 Å². The minimum absolute atomic E-state index is 0.107. The van der Waals surface area contributed by atoms with Crippen LogP contribution in [-0.4, -0.2) is 24.9 Å². The van der Waals surface area contributed by atoms with Crippen LogP contribution in [0.3, 0.4) is 0 Å². The first-order valence-corrected chi connectivity index (χ1v) is 4.69. The number of hydrogen-bond donors (Lipinski definition) is 1. The van der Waals surface area contributed by atoms with E-state index in [-0.39, 0.29) is 18.3 Å². The largest absolute Gasteiger partial charge is 0.467 e. The maximum Gasteiger partial charge on any atom is 0.341 e. The predicted octanol–water partition coefficient (Wildman–Crippen LogP) is 0.921. The highest BCUT2D eigenvalue weighted by atomic mass is 35.5. The second-order valence-corrected chi connectivity index (χ2v) is 2.97. The van der Waals surface area contributed by atoms with Gasteiger partial charge >= 0.3 is 5.97 Å². The molecule has 0 bridgehead atoms. The average molecular weight is 232 g/mol. The van der Waals surface area contributed by atoms with Crippen LogP contribution in [0.1, 0.15) is 16.1 Å². The molecule has 1 N–H and O–H groups in total. The standard InChI is InChI=1S/C9H10ClNO4/c1-14-9(13)6-2-7(15-5-6)4-11-8(12)3-10/h2,5H,3-4H2,1H3,(H,11,12). The van der Waals surface area contributed by atoms with Crippen LogP contribution < -0.4 is 5.32 Å². The van der Waals surface area contributed by atoms with Gasteiger partial charge in [0.15, 0.2) is 0 Å². The third-order valence-corrected chi connectivity index (χ3v) is 1.90. The van der Waals surface area contributed by atoms with E-state index in [2.05, 4.69) is 10.1 Å². The van der Waals surface area contributed by atoms with Crippen LogP contribution >= 0.6 is 11.6 Å². The Labute approximate surface area is 91.3 Å². The Morgan fingerprint density at radius 1 is 1.60 bits per heavy atom. The van der Waals surface area contributed by atoms with Gasteiger partial charge in [0.25, 0.3) is 0 Å². The van der Waals surface area contributed by atoms with Crippen LogP contribution in [0.25, 0.3) is 0 Å². The Bertz CT molecular complexity index is 361. The number of carbonyl (C=O) groups excluding carboxylic acids is 2. The summed E-state index contributed by atoms with van der Waals surface area (Å²) in [5.74, 6) is -0.417. The molecule has 1 aromatic heterocycles. The van der Waals surface area contributed by atoms with Crippen LogP contribution in [0.5, 0.6) is 0 Å². The lowest BCUT2D eigenvalue weighted by molar-refractivity contribution is -0.118. The van der Waals surface area contributed by atoms with Gasteiger partial charge in [0.05, 0.1) is 19.2 Å². The van der Waals surface area contributed by atoms with Crippen molar-refractivity contribution in [2.45, 2.75) is 6.54 Å². The van der Waals surface area contributed by atoms with Crippen LogP contribution in [0.15, 0.2) is 16.7 Å². The van der Waals surface area contributed by atoms with Crippen molar-refractivity contribution in [2.75, 3.05) is 13.0 Å². The van der Waals surface area contributed by atoms with E-state index >= 15 is 0 Å². The molecule has 0 saturated heterocycles. The minimum Gasteiger partial charge on any atom is -0.467 e. The number of esters is 1. The van der Waals surface area contributed by atoms with Crippen molar-refractivity contribution < 1.29 is 18.7 Å². The van der Waals surface area contributed by atoms with Crippen molar-refractivity contribution in [3.8, 4) is 0 Å². The quantitative estimate of drug-likeness (QED) is 0.618. The van der Waals surface area contributed by atoms with Gasteiger partial charge in [0.1, 0.15) is 17.9 Å². The number of nitrogens with one attached hydrogen (secondary N) is 1. The first-order chi connectivity index (χ1) is 7.17. The van der Waals surface area contributed by atoms with E-state index in [0.29, 0.717) is 11.3 Å². The third-order valence-electron chi connectivity index (χ3n) is 1.66. The summed E-state index contributed by atoms with van der Waals surface area (Å²) in [6, 6.07) is 1.50. The summed E-state index contributed by atoms with van der Waals surface area (Å²) in [6.45, 7) is 0.197. The molecule has 0 aliphatic rings. The third kappa shape index (κ3) is 3.28. The monoisotopic (exact) mass is 231 g/mol. The molecule has 0 saturated carbocycles. The van der Waals surface area contributed by atoms with Gasteiger partial charge in [-0.3, -0.25) is 4.79 Å². The molecule has 1 amide bonds. The van der Waals surface area contributed by atoms with E-state index in [1.54, 1.807) is 0 Å². The number of rotatable bonds is 4. The number of carbonyl (C=O) groups is 2. The van der Waals surface area contributed by atoms with E-state index in [0.717, 1.165) is 0 Å². The zero-order chi connectivity index (χ0) is 11.3. The maximum atomic E-state index is 11.0. The lowest BCUT2D eigenvalue weighted by Gasteiger charge is -1.97. The zero-order valence-electron chi connectivity index (χ0n) is 8.08. The first kappa shape index (κ1) is 11.6. The molecule has 0 atom stereocenters. The van der Waals surface area contributed by atoms with Crippen molar-refractivity contribution >= 4 is 23.5 Å². The highest BCUT2D eigenvalue weighted by Crippen LogP contribution is 2.08. The second kappa shape index (κ2) is 5.41. The number of hydrogen-bond acceptors (Lipinski definition) is 4. The van der Waals surface area contributed by atoms with Crippen molar-refractivity contribution in [1.29, 1.82) is 0 Å². The molecule has 1 heterocycles. The van der Waals surface area contributed by atoms with Crippen LogP contribution in [0.2, 0.25) is 0 Å². The molecule has 1 rings (SSSR count). The van der Waals surface area contributed by atoms with Crippen molar-refractivity contribution in [3.05, 3.63) is 23.7 Å². The number of furan rings is 1. The number of methoxy groups -OCH3 is 1. The number of alkyl halides is 1. The molecule has 0 aromatic carbocycles. The molecule has 6 heteroatoms. The van der Waals surface area contributed by atoms with Gasteiger partial charge in [0.2, 0.25) is 5.91 Å².